The molecule has 0 aliphatic heterocycles. The molecule has 0 fully saturated rings. The fraction of sp³-hybridized carbons (Fsp3) is 0.273. The van der Waals surface area contributed by atoms with Crippen molar-refractivity contribution in [3.63, 3.8) is 0 Å². The lowest BCUT2D eigenvalue weighted by Crippen LogP contribution is -2.28. The number of carbonyl (C=O) groups is 2. The van der Waals surface area contributed by atoms with E-state index < -0.39 is 11.9 Å². The molecule has 3 N–H and O–H groups in total. The molecule has 0 bridgehead atoms. The minimum absolute atomic E-state index is 0.0601. The number of amides is 1. The third-order valence-corrected chi connectivity index (χ3v) is 2.16. The zero-order chi connectivity index (χ0) is 13.0. The van der Waals surface area contributed by atoms with E-state index in [2.05, 4.69) is 0 Å². The Balaban J connectivity index is 2.77. The van der Waals surface area contributed by atoms with E-state index in [9.17, 15) is 19.8 Å². The number of carboxylic acids is 1. The second-order valence-electron chi connectivity index (χ2n) is 3.61. The Bertz CT molecular complexity index is 423. The monoisotopic (exact) mass is 239 g/mol. The average molecular weight is 239 g/mol. The molecule has 0 aliphatic rings. The summed E-state index contributed by atoms with van der Waals surface area (Å²) in [6, 6.07) is 3.52. The molecule has 1 amide bonds. The average Bonchev–Trinajstić information content (AvgIpc) is 2.23. The van der Waals surface area contributed by atoms with E-state index in [1.165, 1.54) is 24.1 Å². The molecule has 0 atom stereocenters. The molecule has 0 radical (unpaired) electrons. The number of benzene rings is 1. The molecular formula is C11H13NO5. The summed E-state index contributed by atoms with van der Waals surface area (Å²) in [6.45, 7) is 0.0601. The maximum absolute atomic E-state index is 11.8. The summed E-state index contributed by atoms with van der Waals surface area (Å²) in [7, 11) is 1.45. The SMILES string of the molecule is CN(CCC(=O)O)C(=O)c1cc(O)cc(O)c1. The van der Waals surface area contributed by atoms with E-state index in [1.807, 2.05) is 0 Å². The first kappa shape index (κ1) is 12.8. The summed E-state index contributed by atoms with van der Waals surface area (Å²) in [5.74, 6) is -1.90. The third-order valence-electron chi connectivity index (χ3n) is 2.16. The number of hydrogen-bond acceptors (Lipinski definition) is 4. The maximum Gasteiger partial charge on any atom is 0.305 e. The number of carbonyl (C=O) groups excluding carboxylic acids is 1. The molecule has 0 aliphatic carbocycles. The molecule has 1 rings (SSSR count). The second kappa shape index (κ2) is 5.20. The lowest BCUT2D eigenvalue weighted by molar-refractivity contribution is -0.137. The van der Waals surface area contributed by atoms with Gasteiger partial charge in [0.1, 0.15) is 11.5 Å². The number of carboxylic acid groups (broad SMARTS) is 1. The second-order valence-corrected chi connectivity index (χ2v) is 3.61. The lowest BCUT2D eigenvalue weighted by Gasteiger charge is -2.16. The van der Waals surface area contributed by atoms with Crippen molar-refractivity contribution < 1.29 is 24.9 Å². The van der Waals surface area contributed by atoms with Gasteiger partial charge in [-0.15, -0.1) is 0 Å². The number of nitrogens with zero attached hydrogens (tertiary/aromatic N) is 1. The van der Waals surface area contributed by atoms with E-state index in [0.717, 1.165) is 6.07 Å². The molecule has 6 nitrogen and oxygen atoms in total. The van der Waals surface area contributed by atoms with Gasteiger partial charge in [-0.05, 0) is 12.1 Å². The van der Waals surface area contributed by atoms with Crippen molar-refractivity contribution in [3.05, 3.63) is 23.8 Å². The van der Waals surface area contributed by atoms with Gasteiger partial charge in [0.05, 0.1) is 6.42 Å². The van der Waals surface area contributed by atoms with Crippen LogP contribution in [0.25, 0.3) is 0 Å². The molecule has 6 heteroatoms. The van der Waals surface area contributed by atoms with Gasteiger partial charge in [-0.25, -0.2) is 0 Å². The van der Waals surface area contributed by atoms with Crippen molar-refractivity contribution in [1.82, 2.24) is 4.90 Å². The molecule has 1 aromatic carbocycles. The van der Waals surface area contributed by atoms with Gasteiger partial charge < -0.3 is 20.2 Å². The maximum atomic E-state index is 11.8. The minimum atomic E-state index is -0.997. The van der Waals surface area contributed by atoms with Crippen molar-refractivity contribution in [2.75, 3.05) is 13.6 Å². The van der Waals surface area contributed by atoms with Crippen LogP contribution in [0.4, 0.5) is 0 Å². The first-order valence-electron chi connectivity index (χ1n) is 4.90. The normalized spacial score (nSPS) is 9.94. The largest absolute Gasteiger partial charge is 0.508 e. The van der Waals surface area contributed by atoms with Gasteiger partial charge in [-0.3, -0.25) is 9.59 Å². The lowest BCUT2D eigenvalue weighted by atomic mass is 10.1. The Labute approximate surface area is 97.7 Å². The predicted molar refractivity (Wildman–Crippen MR) is 59.0 cm³/mol. The molecule has 1 aromatic rings. The van der Waals surface area contributed by atoms with Gasteiger partial charge in [0.2, 0.25) is 0 Å². The van der Waals surface area contributed by atoms with Crippen molar-refractivity contribution in [2.45, 2.75) is 6.42 Å². The fourth-order valence-electron chi connectivity index (χ4n) is 1.30. The van der Waals surface area contributed by atoms with Gasteiger partial charge in [-0.2, -0.15) is 0 Å². The van der Waals surface area contributed by atoms with E-state index >= 15 is 0 Å². The van der Waals surface area contributed by atoms with Crippen LogP contribution in [-0.2, 0) is 4.79 Å². The quantitative estimate of drug-likeness (QED) is 0.716. The number of rotatable bonds is 4. The van der Waals surface area contributed by atoms with E-state index in [1.54, 1.807) is 0 Å². The predicted octanol–water partition coefficient (Wildman–Crippen LogP) is 0.644. The van der Waals surface area contributed by atoms with Gasteiger partial charge in [-0.1, -0.05) is 0 Å². The topological polar surface area (TPSA) is 98.1 Å². The zero-order valence-electron chi connectivity index (χ0n) is 9.25. The van der Waals surface area contributed by atoms with E-state index in [-0.39, 0.29) is 30.0 Å². The smallest absolute Gasteiger partial charge is 0.305 e. The Hall–Kier alpha value is -2.24. The van der Waals surface area contributed by atoms with Crippen LogP contribution in [0, 0.1) is 0 Å². The van der Waals surface area contributed by atoms with Crippen LogP contribution in [0.1, 0.15) is 16.8 Å². The molecule has 17 heavy (non-hydrogen) atoms. The summed E-state index contributed by atoms with van der Waals surface area (Å²) in [4.78, 5) is 23.3. The summed E-state index contributed by atoms with van der Waals surface area (Å²) < 4.78 is 0. The van der Waals surface area contributed by atoms with Crippen molar-refractivity contribution >= 4 is 11.9 Å². The van der Waals surface area contributed by atoms with Crippen molar-refractivity contribution in [2.24, 2.45) is 0 Å². The van der Waals surface area contributed by atoms with Crippen LogP contribution in [0.15, 0.2) is 18.2 Å². The minimum Gasteiger partial charge on any atom is -0.508 e. The highest BCUT2D eigenvalue weighted by Gasteiger charge is 2.14. The Morgan fingerprint density at radius 2 is 1.71 bits per heavy atom. The number of aromatic hydroxyl groups is 2. The van der Waals surface area contributed by atoms with Gasteiger partial charge >= 0.3 is 5.97 Å². The summed E-state index contributed by atoms with van der Waals surface area (Å²) in [5, 5.41) is 26.9. The van der Waals surface area contributed by atoms with Crippen LogP contribution in [-0.4, -0.2) is 45.7 Å². The van der Waals surface area contributed by atoms with Crippen LogP contribution >= 0.6 is 0 Å². The van der Waals surface area contributed by atoms with Gasteiger partial charge in [0.25, 0.3) is 5.91 Å². The number of phenolic OH excluding ortho intramolecular Hbond substituents is 2. The third kappa shape index (κ3) is 3.67. The van der Waals surface area contributed by atoms with Gasteiger partial charge in [0.15, 0.2) is 0 Å². The number of hydrogen-bond donors (Lipinski definition) is 3. The number of phenols is 2. The first-order valence-corrected chi connectivity index (χ1v) is 4.90. The van der Waals surface area contributed by atoms with Crippen LogP contribution in [0.2, 0.25) is 0 Å². The van der Waals surface area contributed by atoms with E-state index in [4.69, 9.17) is 5.11 Å². The Kier molecular flexibility index (Phi) is 3.92. The summed E-state index contributed by atoms with van der Waals surface area (Å²) in [6.07, 6.45) is -0.160. The highest BCUT2D eigenvalue weighted by molar-refractivity contribution is 5.95. The molecule has 0 saturated heterocycles. The van der Waals surface area contributed by atoms with Crippen LogP contribution < -0.4 is 0 Å². The standard InChI is InChI=1S/C11H13NO5/c1-12(3-2-10(15)16)11(17)7-4-8(13)6-9(14)5-7/h4-6,13-14H,2-3H2,1H3,(H,15,16). The fourth-order valence-corrected chi connectivity index (χ4v) is 1.30. The highest BCUT2D eigenvalue weighted by atomic mass is 16.4. The van der Waals surface area contributed by atoms with Crippen LogP contribution in [0.5, 0.6) is 11.5 Å². The molecule has 0 heterocycles. The molecule has 0 saturated carbocycles. The molecule has 0 spiro atoms. The Morgan fingerprint density at radius 3 is 2.18 bits per heavy atom. The summed E-state index contributed by atoms with van der Waals surface area (Å²) >= 11 is 0. The molecule has 0 aromatic heterocycles. The molecule has 0 unspecified atom stereocenters. The summed E-state index contributed by atoms with van der Waals surface area (Å²) in [5.41, 5.74) is 0.107. The Morgan fingerprint density at radius 1 is 1.18 bits per heavy atom. The molecular weight excluding hydrogens is 226 g/mol. The highest BCUT2D eigenvalue weighted by Crippen LogP contribution is 2.21. The van der Waals surface area contributed by atoms with Crippen LogP contribution in [0.3, 0.4) is 0 Å². The van der Waals surface area contributed by atoms with Gasteiger partial charge in [0, 0.05) is 25.2 Å². The molecule has 92 valence electrons. The zero-order valence-corrected chi connectivity index (χ0v) is 9.25. The first-order chi connectivity index (χ1) is 7.90. The van der Waals surface area contributed by atoms with E-state index in [0.29, 0.717) is 0 Å². The van der Waals surface area contributed by atoms with Crippen molar-refractivity contribution in [3.8, 4) is 11.5 Å². The van der Waals surface area contributed by atoms with Crippen molar-refractivity contribution in [1.29, 1.82) is 0 Å². The number of aliphatic carboxylic acids is 1.